The molecule has 0 saturated heterocycles. The van der Waals surface area contributed by atoms with Crippen molar-refractivity contribution in [1.82, 2.24) is 25.7 Å². The normalized spacial score (nSPS) is 11.4. The predicted molar refractivity (Wildman–Crippen MR) is 77.6 cm³/mol. The molecule has 0 bridgehead atoms. The molecule has 2 aromatic heterocycles. The van der Waals surface area contributed by atoms with E-state index < -0.39 is 11.7 Å². The molecule has 2 aromatic rings. The molecule has 8 heteroatoms. The van der Waals surface area contributed by atoms with Gasteiger partial charge in [0.25, 0.3) is 0 Å². The van der Waals surface area contributed by atoms with Crippen molar-refractivity contribution in [3.05, 3.63) is 29.7 Å². The summed E-state index contributed by atoms with van der Waals surface area (Å²) < 4.78 is 5.20. The van der Waals surface area contributed by atoms with Crippen LogP contribution >= 0.6 is 0 Å². The van der Waals surface area contributed by atoms with Crippen molar-refractivity contribution in [2.24, 2.45) is 0 Å². The van der Waals surface area contributed by atoms with Crippen molar-refractivity contribution in [1.29, 1.82) is 0 Å². The highest BCUT2D eigenvalue weighted by Crippen LogP contribution is 2.13. The van der Waals surface area contributed by atoms with Crippen LogP contribution in [0.25, 0.3) is 0 Å². The lowest BCUT2D eigenvalue weighted by Crippen LogP contribution is -2.27. The largest absolute Gasteiger partial charge is 0.444 e. The minimum Gasteiger partial charge on any atom is -0.444 e. The highest BCUT2D eigenvalue weighted by atomic mass is 16.6. The molecule has 1 amide bonds. The zero-order valence-electron chi connectivity index (χ0n) is 12.4. The molecule has 0 atom stereocenters. The van der Waals surface area contributed by atoms with Gasteiger partial charge in [0.1, 0.15) is 11.4 Å². The third-order valence-electron chi connectivity index (χ3n) is 2.53. The first kappa shape index (κ1) is 15.0. The van der Waals surface area contributed by atoms with Crippen molar-refractivity contribution in [2.75, 3.05) is 5.32 Å². The van der Waals surface area contributed by atoms with E-state index in [1.807, 2.05) is 26.8 Å². The van der Waals surface area contributed by atoms with E-state index in [0.717, 1.165) is 11.3 Å². The van der Waals surface area contributed by atoms with Crippen LogP contribution in [0.5, 0.6) is 0 Å². The molecule has 0 spiro atoms. The summed E-state index contributed by atoms with van der Waals surface area (Å²) in [5, 5.41) is 19.3. The number of anilines is 1. The van der Waals surface area contributed by atoms with Gasteiger partial charge in [0, 0.05) is 30.5 Å². The SMILES string of the molecule is CC(C)(C)OC(=O)Nc1[nH]ncc1CNCc1ccn[nH]1. The maximum atomic E-state index is 11.7. The molecular formula is C13H20N6O2. The summed E-state index contributed by atoms with van der Waals surface area (Å²) in [6.45, 7) is 6.64. The number of hydrogen-bond acceptors (Lipinski definition) is 5. The van der Waals surface area contributed by atoms with Crippen LogP contribution in [0, 0.1) is 0 Å². The lowest BCUT2D eigenvalue weighted by Gasteiger charge is -2.19. The van der Waals surface area contributed by atoms with E-state index in [0.29, 0.717) is 18.9 Å². The molecule has 0 radical (unpaired) electrons. The van der Waals surface area contributed by atoms with E-state index in [2.05, 4.69) is 31.0 Å². The van der Waals surface area contributed by atoms with Crippen molar-refractivity contribution < 1.29 is 9.53 Å². The van der Waals surface area contributed by atoms with Gasteiger partial charge in [-0.2, -0.15) is 10.2 Å². The predicted octanol–water partition coefficient (Wildman–Crippen LogP) is 1.77. The summed E-state index contributed by atoms with van der Waals surface area (Å²) >= 11 is 0. The first-order chi connectivity index (χ1) is 9.94. The monoisotopic (exact) mass is 292 g/mol. The average Bonchev–Trinajstić information content (AvgIpc) is 2.99. The van der Waals surface area contributed by atoms with Gasteiger partial charge in [0.2, 0.25) is 0 Å². The van der Waals surface area contributed by atoms with E-state index in [-0.39, 0.29) is 0 Å². The summed E-state index contributed by atoms with van der Waals surface area (Å²) in [5.41, 5.74) is 1.30. The second-order valence-electron chi connectivity index (χ2n) is 5.58. The Hall–Kier alpha value is -2.35. The summed E-state index contributed by atoms with van der Waals surface area (Å²) in [5.74, 6) is 0.529. The fourth-order valence-electron chi connectivity index (χ4n) is 1.67. The van der Waals surface area contributed by atoms with Gasteiger partial charge in [-0.05, 0) is 26.8 Å². The Morgan fingerprint density at radius 2 is 2.10 bits per heavy atom. The Bertz CT molecular complexity index is 570. The number of nitrogens with one attached hydrogen (secondary N) is 4. The number of ether oxygens (including phenoxy) is 1. The van der Waals surface area contributed by atoms with Crippen LogP contribution in [0.4, 0.5) is 10.6 Å². The molecule has 21 heavy (non-hydrogen) atoms. The van der Waals surface area contributed by atoms with Gasteiger partial charge in [-0.1, -0.05) is 0 Å². The molecule has 0 unspecified atom stereocenters. The number of hydrogen-bond donors (Lipinski definition) is 4. The lowest BCUT2D eigenvalue weighted by molar-refractivity contribution is 0.0635. The Morgan fingerprint density at radius 1 is 1.29 bits per heavy atom. The topological polar surface area (TPSA) is 108 Å². The number of H-pyrrole nitrogens is 2. The zero-order valence-corrected chi connectivity index (χ0v) is 12.4. The van der Waals surface area contributed by atoms with E-state index in [1.54, 1.807) is 12.4 Å². The second kappa shape index (κ2) is 6.40. The number of aromatic amines is 2. The number of carbonyl (C=O) groups excluding carboxylic acids is 1. The average molecular weight is 292 g/mol. The van der Waals surface area contributed by atoms with Crippen molar-refractivity contribution >= 4 is 11.9 Å². The Morgan fingerprint density at radius 3 is 2.76 bits per heavy atom. The lowest BCUT2D eigenvalue weighted by atomic mass is 10.2. The van der Waals surface area contributed by atoms with Crippen molar-refractivity contribution in [3.63, 3.8) is 0 Å². The fraction of sp³-hybridized carbons (Fsp3) is 0.462. The van der Waals surface area contributed by atoms with Gasteiger partial charge < -0.3 is 10.1 Å². The highest BCUT2D eigenvalue weighted by Gasteiger charge is 2.17. The summed E-state index contributed by atoms with van der Waals surface area (Å²) in [6.07, 6.45) is 2.85. The van der Waals surface area contributed by atoms with Crippen molar-refractivity contribution in [2.45, 2.75) is 39.5 Å². The third-order valence-corrected chi connectivity index (χ3v) is 2.53. The molecule has 2 rings (SSSR count). The zero-order chi connectivity index (χ0) is 15.3. The number of amides is 1. The second-order valence-corrected chi connectivity index (χ2v) is 5.58. The molecule has 4 N–H and O–H groups in total. The first-order valence-electron chi connectivity index (χ1n) is 6.65. The van der Waals surface area contributed by atoms with Crippen LogP contribution in [0.15, 0.2) is 18.5 Å². The third kappa shape index (κ3) is 4.92. The van der Waals surface area contributed by atoms with Crippen LogP contribution in [-0.2, 0) is 17.8 Å². The molecule has 0 aliphatic heterocycles. The summed E-state index contributed by atoms with van der Waals surface area (Å²) in [7, 11) is 0. The molecule has 0 aliphatic rings. The van der Waals surface area contributed by atoms with E-state index in [1.165, 1.54) is 0 Å². The molecule has 8 nitrogen and oxygen atoms in total. The van der Waals surface area contributed by atoms with Crippen LogP contribution in [0.2, 0.25) is 0 Å². The van der Waals surface area contributed by atoms with Gasteiger partial charge in [0.05, 0.1) is 6.20 Å². The minimum atomic E-state index is -0.539. The molecule has 2 heterocycles. The standard InChI is InChI=1S/C13H20N6O2/c1-13(2,3)21-12(20)17-11-9(7-16-19-11)6-14-8-10-4-5-15-18-10/h4-5,7,14H,6,8H2,1-3H3,(H,15,18)(H2,16,17,19,20). The molecule has 114 valence electrons. The smallest absolute Gasteiger partial charge is 0.413 e. The van der Waals surface area contributed by atoms with Gasteiger partial charge in [-0.3, -0.25) is 15.5 Å². The van der Waals surface area contributed by atoms with Gasteiger partial charge in [-0.25, -0.2) is 4.79 Å². The van der Waals surface area contributed by atoms with E-state index in [9.17, 15) is 4.79 Å². The number of rotatable bonds is 5. The number of carbonyl (C=O) groups is 1. The summed E-state index contributed by atoms with van der Waals surface area (Å²) in [4.78, 5) is 11.7. The van der Waals surface area contributed by atoms with E-state index in [4.69, 9.17) is 4.74 Å². The highest BCUT2D eigenvalue weighted by molar-refractivity contribution is 5.84. The van der Waals surface area contributed by atoms with Crippen LogP contribution < -0.4 is 10.6 Å². The maximum Gasteiger partial charge on any atom is 0.413 e. The molecule has 0 aliphatic carbocycles. The quantitative estimate of drug-likeness (QED) is 0.671. The van der Waals surface area contributed by atoms with Gasteiger partial charge in [0.15, 0.2) is 0 Å². The van der Waals surface area contributed by atoms with Gasteiger partial charge in [-0.15, -0.1) is 0 Å². The van der Waals surface area contributed by atoms with E-state index >= 15 is 0 Å². The van der Waals surface area contributed by atoms with Gasteiger partial charge >= 0.3 is 6.09 Å². The van der Waals surface area contributed by atoms with Crippen LogP contribution in [0.3, 0.4) is 0 Å². The molecule has 0 aromatic carbocycles. The van der Waals surface area contributed by atoms with Crippen LogP contribution in [0.1, 0.15) is 32.0 Å². The maximum absolute atomic E-state index is 11.7. The number of aromatic nitrogens is 4. The minimum absolute atomic E-state index is 0.512. The first-order valence-corrected chi connectivity index (χ1v) is 6.65. The molecule has 0 fully saturated rings. The summed E-state index contributed by atoms with van der Waals surface area (Å²) in [6, 6.07) is 1.89. The Kier molecular flexibility index (Phi) is 4.59. The van der Waals surface area contributed by atoms with Crippen molar-refractivity contribution in [3.8, 4) is 0 Å². The molecule has 0 saturated carbocycles. The Balaban J connectivity index is 1.85. The Labute approximate surface area is 122 Å². The molecular weight excluding hydrogens is 272 g/mol. The van der Waals surface area contributed by atoms with Crippen LogP contribution in [-0.4, -0.2) is 32.1 Å². The number of nitrogens with zero attached hydrogens (tertiary/aromatic N) is 2. The fourth-order valence-corrected chi connectivity index (χ4v) is 1.67.